The molecule has 0 radical (unpaired) electrons. The Hall–Kier alpha value is -2.31. The maximum Gasteiger partial charge on any atom is 0.340 e. The average molecular weight is 278 g/mol. The first-order chi connectivity index (χ1) is 9.63. The van der Waals surface area contributed by atoms with Gasteiger partial charge in [0.1, 0.15) is 6.04 Å². The summed E-state index contributed by atoms with van der Waals surface area (Å²) in [7, 11) is 0. The van der Waals surface area contributed by atoms with Gasteiger partial charge in [0.2, 0.25) is 5.91 Å². The van der Waals surface area contributed by atoms with Gasteiger partial charge in [-0.25, -0.2) is 9.78 Å². The molecule has 0 aliphatic carbocycles. The third kappa shape index (κ3) is 2.98. The number of hydrogen-bond donors (Lipinski definition) is 3. The Balaban J connectivity index is 2.18. The maximum atomic E-state index is 11.7. The molecule has 1 saturated heterocycles. The minimum absolute atomic E-state index is 0.0843. The van der Waals surface area contributed by atoms with Crippen molar-refractivity contribution < 1.29 is 14.3 Å². The van der Waals surface area contributed by atoms with Crippen molar-refractivity contribution in [1.29, 1.82) is 0 Å². The molecule has 1 aromatic rings. The lowest BCUT2D eigenvalue weighted by molar-refractivity contribution is -0.123. The number of aromatic nitrogens is 1. The van der Waals surface area contributed by atoms with E-state index < -0.39 is 5.97 Å². The Labute approximate surface area is 116 Å². The molecule has 2 heterocycles. The van der Waals surface area contributed by atoms with E-state index in [1.807, 2.05) is 0 Å². The van der Waals surface area contributed by atoms with Crippen LogP contribution in [-0.4, -0.2) is 36.1 Å². The van der Waals surface area contributed by atoms with E-state index in [0.717, 1.165) is 6.42 Å². The summed E-state index contributed by atoms with van der Waals surface area (Å²) in [5.41, 5.74) is 6.37. The second-order valence-electron chi connectivity index (χ2n) is 4.47. The number of carbonyl (C=O) groups is 2. The number of hydrogen-bond acceptors (Lipinski definition) is 6. The summed E-state index contributed by atoms with van der Waals surface area (Å²) in [6.45, 7) is 2.68. The second kappa shape index (κ2) is 6.23. The molecule has 1 aliphatic rings. The van der Waals surface area contributed by atoms with Crippen LogP contribution in [0.25, 0.3) is 0 Å². The maximum absolute atomic E-state index is 11.7. The molecule has 0 bridgehead atoms. The summed E-state index contributed by atoms with van der Waals surface area (Å²) in [6, 6.07) is 1.12. The van der Waals surface area contributed by atoms with Gasteiger partial charge in [-0.15, -0.1) is 0 Å². The first-order valence-corrected chi connectivity index (χ1v) is 6.59. The summed E-state index contributed by atoms with van der Waals surface area (Å²) < 4.78 is 4.92. The molecule has 7 heteroatoms. The average Bonchev–Trinajstić information content (AvgIpc) is 2.43. The smallest absolute Gasteiger partial charge is 0.340 e. The minimum atomic E-state index is -0.497. The zero-order valence-corrected chi connectivity index (χ0v) is 11.3. The van der Waals surface area contributed by atoms with Crippen molar-refractivity contribution in [3.8, 4) is 0 Å². The van der Waals surface area contributed by atoms with Crippen LogP contribution in [0.3, 0.4) is 0 Å². The SMILES string of the molecule is CCOC(=O)c1ccnc(NC2CCCNC2=O)c1N. The number of rotatable bonds is 4. The van der Waals surface area contributed by atoms with Gasteiger partial charge in [-0.05, 0) is 25.8 Å². The van der Waals surface area contributed by atoms with Crippen LogP contribution >= 0.6 is 0 Å². The molecule has 1 atom stereocenters. The number of pyridine rings is 1. The van der Waals surface area contributed by atoms with E-state index in [4.69, 9.17) is 10.5 Å². The molecule has 2 rings (SSSR count). The van der Waals surface area contributed by atoms with Gasteiger partial charge in [-0.2, -0.15) is 0 Å². The number of nitrogens with one attached hydrogen (secondary N) is 2. The Morgan fingerprint density at radius 3 is 3.15 bits per heavy atom. The molecule has 7 nitrogen and oxygen atoms in total. The fourth-order valence-electron chi connectivity index (χ4n) is 2.05. The van der Waals surface area contributed by atoms with Crippen molar-refractivity contribution in [2.45, 2.75) is 25.8 Å². The Kier molecular flexibility index (Phi) is 4.39. The van der Waals surface area contributed by atoms with Gasteiger partial charge in [-0.1, -0.05) is 0 Å². The number of nitrogens with zero attached hydrogens (tertiary/aromatic N) is 1. The van der Waals surface area contributed by atoms with Crippen LogP contribution in [0, 0.1) is 0 Å². The molecule has 1 amide bonds. The number of ether oxygens (including phenoxy) is 1. The zero-order chi connectivity index (χ0) is 14.5. The molecule has 1 aromatic heterocycles. The van der Waals surface area contributed by atoms with Gasteiger partial charge < -0.3 is 21.1 Å². The highest BCUT2D eigenvalue weighted by atomic mass is 16.5. The number of nitrogens with two attached hydrogens (primary N) is 1. The second-order valence-corrected chi connectivity index (χ2v) is 4.47. The van der Waals surface area contributed by atoms with Gasteiger partial charge in [-0.3, -0.25) is 4.79 Å². The summed E-state index contributed by atoms with van der Waals surface area (Å²) in [4.78, 5) is 27.5. The molecule has 0 saturated carbocycles. The van der Waals surface area contributed by atoms with Crippen LogP contribution in [0.5, 0.6) is 0 Å². The molecule has 0 aromatic carbocycles. The van der Waals surface area contributed by atoms with E-state index in [0.29, 0.717) is 18.8 Å². The molecule has 0 spiro atoms. The van der Waals surface area contributed by atoms with Crippen LogP contribution in [0.2, 0.25) is 0 Å². The van der Waals surface area contributed by atoms with Crippen molar-refractivity contribution in [2.75, 3.05) is 24.2 Å². The zero-order valence-electron chi connectivity index (χ0n) is 11.3. The number of piperidine rings is 1. The van der Waals surface area contributed by atoms with Gasteiger partial charge >= 0.3 is 5.97 Å². The van der Waals surface area contributed by atoms with Crippen LogP contribution in [0.15, 0.2) is 12.3 Å². The fourth-order valence-corrected chi connectivity index (χ4v) is 2.05. The highest BCUT2D eigenvalue weighted by Crippen LogP contribution is 2.22. The highest BCUT2D eigenvalue weighted by molar-refractivity contribution is 5.98. The number of nitrogen functional groups attached to an aromatic ring is 1. The Morgan fingerprint density at radius 1 is 1.65 bits per heavy atom. The van der Waals surface area contributed by atoms with Crippen LogP contribution in [0.4, 0.5) is 11.5 Å². The van der Waals surface area contributed by atoms with E-state index in [2.05, 4.69) is 15.6 Å². The number of anilines is 2. The number of esters is 1. The molecule has 1 unspecified atom stereocenters. The largest absolute Gasteiger partial charge is 0.462 e. The molecular formula is C13H18N4O3. The third-order valence-corrected chi connectivity index (χ3v) is 3.08. The number of carbonyl (C=O) groups excluding carboxylic acids is 2. The first kappa shape index (κ1) is 14.1. The summed E-state index contributed by atoms with van der Waals surface area (Å²) in [5.74, 6) is -0.250. The van der Waals surface area contributed by atoms with Crippen LogP contribution in [-0.2, 0) is 9.53 Å². The summed E-state index contributed by atoms with van der Waals surface area (Å²) >= 11 is 0. The highest BCUT2D eigenvalue weighted by Gasteiger charge is 2.24. The van der Waals surface area contributed by atoms with E-state index in [1.54, 1.807) is 6.92 Å². The molecule has 4 N–H and O–H groups in total. The number of amides is 1. The summed E-state index contributed by atoms with van der Waals surface area (Å²) in [6.07, 6.45) is 3.06. The summed E-state index contributed by atoms with van der Waals surface area (Å²) in [5, 5.41) is 5.75. The standard InChI is InChI=1S/C13H18N4O3/c1-2-20-13(19)8-5-7-15-11(10(8)14)17-9-4-3-6-16-12(9)18/h5,7,9H,2-4,6,14H2,1H3,(H,15,17)(H,16,18). The van der Waals surface area contributed by atoms with Gasteiger partial charge in [0.05, 0.1) is 17.9 Å². The first-order valence-electron chi connectivity index (χ1n) is 6.59. The predicted octanol–water partition coefficient (Wildman–Crippen LogP) is 0.531. The van der Waals surface area contributed by atoms with Crippen LogP contribution < -0.4 is 16.4 Å². The lowest BCUT2D eigenvalue weighted by atomic mass is 10.1. The minimum Gasteiger partial charge on any atom is -0.462 e. The van der Waals surface area contributed by atoms with E-state index >= 15 is 0 Å². The Bertz CT molecular complexity index is 518. The van der Waals surface area contributed by atoms with Crippen LogP contribution in [0.1, 0.15) is 30.1 Å². The van der Waals surface area contributed by atoms with Crippen molar-refractivity contribution >= 4 is 23.4 Å². The molecular weight excluding hydrogens is 260 g/mol. The van der Waals surface area contributed by atoms with Gasteiger partial charge in [0.15, 0.2) is 5.82 Å². The Morgan fingerprint density at radius 2 is 2.45 bits per heavy atom. The van der Waals surface area contributed by atoms with Crippen molar-refractivity contribution in [1.82, 2.24) is 10.3 Å². The normalized spacial score (nSPS) is 18.2. The molecule has 1 fully saturated rings. The lowest BCUT2D eigenvalue weighted by Crippen LogP contribution is -2.44. The molecule has 1 aliphatic heterocycles. The van der Waals surface area contributed by atoms with Gasteiger partial charge in [0.25, 0.3) is 0 Å². The van der Waals surface area contributed by atoms with Crippen molar-refractivity contribution in [2.24, 2.45) is 0 Å². The van der Waals surface area contributed by atoms with E-state index in [9.17, 15) is 9.59 Å². The third-order valence-electron chi connectivity index (χ3n) is 3.08. The topological polar surface area (TPSA) is 106 Å². The van der Waals surface area contributed by atoms with Crippen molar-refractivity contribution in [3.63, 3.8) is 0 Å². The van der Waals surface area contributed by atoms with Gasteiger partial charge in [0, 0.05) is 12.7 Å². The predicted molar refractivity (Wildman–Crippen MR) is 74.3 cm³/mol. The van der Waals surface area contributed by atoms with E-state index in [1.165, 1.54) is 12.3 Å². The lowest BCUT2D eigenvalue weighted by Gasteiger charge is -2.24. The monoisotopic (exact) mass is 278 g/mol. The molecule has 20 heavy (non-hydrogen) atoms. The van der Waals surface area contributed by atoms with E-state index in [-0.39, 0.29) is 29.8 Å². The fraction of sp³-hybridized carbons (Fsp3) is 0.462. The quantitative estimate of drug-likeness (QED) is 0.694. The molecule has 108 valence electrons. The van der Waals surface area contributed by atoms with Crippen molar-refractivity contribution in [3.05, 3.63) is 17.8 Å².